The summed E-state index contributed by atoms with van der Waals surface area (Å²) >= 11 is 0. The van der Waals surface area contributed by atoms with Crippen LogP contribution in [-0.4, -0.2) is 56.2 Å². The summed E-state index contributed by atoms with van der Waals surface area (Å²) in [5.74, 6) is -0.00971. The van der Waals surface area contributed by atoms with E-state index in [0.29, 0.717) is 30.9 Å². The van der Waals surface area contributed by atoms with Crippen molar-refractivity contribution in [2.24, 2.45) is 10.9 Å². The van der Waals surface area contributed by atoms with Gasteiger partial charge in [0.15, 0.2) is 17.6 Å². The summed E-state index contributed by atoms with van der Waals surface area (Å²) in [4.78, 5) is 7.03. The largest absolute Gasteiger partial charge is 0.492 e. The molecule has 1 heterocycles. The molecule has 0 atom stereocenters. The molecule has 152 valence electrons. The van der Waals surface area contributed by atoms with E-state index in [9.17, 15) is 8.78 Å². The predicted octanol–water partition coefficient (Wildman–Crippen LogP) is 3.02. The molecule has 0 aromatic heterocycles. The van der Waals surface area contributed by atoms with Crippen LogP contribution in [0.15, 0.2) is 23.2 Å². The van der Waals surface area contributed by atoms with Gasteiger partial charge in [0, 0.05) is 38.3 Å². The molecule has 0 radical (unpaired) electrons. The van der Waals surface area contributed by atoms with Gasteiger partial charge in [-0.05, 0) is 37.8 Å². The van der Waals surface area contributed by atoms with Crippen molar-refractivity contribution in [2.45, 2.75) is 39.7 Å². The normalized spacial score (nSPS) is 16.6. The average Bonchev–Trinajstić information content (AvgIpc) is 2.63. The highest BCUT2D eigenvalue weighted by molar-refractivity contribution is 5.80. The van der Waals surface area contributed by atoms with E-state index in [1.165, 1.54) is 6.07 Å². The molecule has 7 heteroatoms. The number of aliphatic imine (C=N–C) groups is 1. The molecule has 1 fully saturated rings. The molecule has 0 aliphatic carbocycles. The molecular formula is C20H32F2N4O. The van der Waals surface area contributed by atoms with E-state index in [4.69, 9.17) is 4.74 Å². The Bertz CT molecular complexity index is 602. The van der Waals surface area contributed by atoms with Crippen LogP contribution in [0.1, 0.15) is 33.6 Å². The minimum atomic E-state index is -0.908. The number of benzene rings is 1. The summed E-state index contributed by atoms with van der Waals surface area (Å²) in [6.07, 6.45) is 2.20. The van der Waals surface area contributed by atoms with Gasteiger partial charge < -0.3 is 20.3 Å². The van der Waals surface area contributed by atoms with Gasteiger partial charge in [0.1, 0.15) is 12.4 Å². The van der Waals surface area contributed by atoms with Crippen molar-refractivity contribution >= 4 is 5.96 Å². The maximum Gasteiger partial charge on any atom is 0.191 e. The van der Waals surface area contributed by atoms with Crippen molar-refractivity contribution in [2.75, 3.05) is 39.3 Å². The topological polar surface area (TPSA) is 48.9 Å². The number of hydrogen-bond donors (Lipinski definition) is 2. The third-order valence-corrected chi connectivity index (χ3v) is 4.42. The smallest absolute Gasteiger partial charge is 0.191 e. The van der Waals surface area contributed by atoms with E-state index in [1.54, 1.807) is 0 Å². The molecule has 1 saturated heterocycles. The highest BCUT2D eigenvalue weighted by atomic mass is 19.2. The first-order valence-corrected chi connectivity index (χ1v) is 9.83. The van der Waals surface area contributed by atoms with Crippen molar-refractivity contribution < 1.29 is 13.5 Å². The summed E-state index contributed by atoms with van der Waals surface area (Å²) in [6, 6.07) is 3.94. The summed E-state index contributed by atoms with van der Waals surface area (Å²) in [5, 5.41) is 6.74. The second-order valence-corrected chi connectivity index (χ2v) is 7.30. The van der Waals surface area contributed by atoms with Gasteiger partial charge in [-0.2, -0.15) is 0 Å². The van der Waals surface area contributed by atoms with Gasteiger partial charge in [-0.3, -0.25) is 0 Å². The van der Waals surface area contributed by atoms with Crippen LogP contribution in [0.2, 0.25) is 0 Å². The van der Waals surface area contributed by atoms with Crippen LogP contribution in [0.3, 0.4) is 0 Å². The van der Waals surface area contributed by atoms with Crippen LogP contribution in [0, 0.1) is 17.6 Å². The monoisotopic (exact) mass is 382 g/mol. The third kappa shape index (κ3) is 7.71. The fourth-order valence-corrected chi connectivity index (χ4v) is 3.18. The second-order valence-electron chi connectivity index (χ2n) is 7.30. The number of nitrogens with one attached hydrogen (secondary N) is 2. The molecule has 1 aromatic carbocycles. The van der Waals surface area contributed by atoms with Gasteiger partial charge in [-0.25, -0.2) is 13.8 Å². The molecule has 0 spiro atoms. The summed E-state index contributed by atoms with van der Waals surface area (Å²) in [5.41, 5.74) is 0. The number of rotatable bonds is 8. The molecule has 0 unspecified atom stereocenters. The minimum Gasteiger partial charge on any atom is -0.492 e. The standard InChI is InChI=1S/C20H32F2N4O/c1-4-23-20(25-16-7-10-26(11-8-16)14-15(2)3)24-9-12-27-17-5-6-18(21)19(22)13-17/h5-6,13,15-16H,4,7-12,14H2,1-3H3,(H2,23,24,25). The average molecular weight is 382 g/mol. The zero-order chi connectivity index (χ0) is 19.6. The Morgan fingerprint density at radius 2 is 2.00 bits per heavy atom. The lowest BCUT2D eigenvalue weighted by molar-refractivity contribution is 0.187. The lowest BCUT2D eigenvalue weighted by atomic mass is 10.0. The Morgan fingerprint density at radius 3 is 2.63 bits per heavy atom. The van der Waals surface area contributed by atoms with Gasteiger partial charge >= 0.3 is 0 Å². The molecule has 1 aliphatic heterocycles. The van der Waals surface area contributed by atoms with Crippen LogP contribution in [-0.2, 0) is 0 Å². The zero-order valence-electron chi connectivity index (χ0n) is 16.6. The number of nitrogens with zero attached hydrogens (tertiary/aromatic N) is 2. The maximum atomic E-state index is 13.2. The predicted molar refractivity (Wildman–Crippen MR) is 105 cm³/mol. The first kappa shape index (κ1) is 21.4. The zero-order valence-corrected chi connectivity index (χ0v) is 16.6. The Hall–Kier alpha value is -1.89. The Morgan fingerprint density at radius 1 is 1.26 bits per heavy atom. The maximum absolute atomic E-state index is 13.2. The molecule has 0 amide bonds. The third-order valence-electron chi connectivity index (χ3n) is 4.42. The number of guanidine groups is 1. The van der Waals surface area contributed by atoms with Gasteiger partial charge in [0.2, 0.25) is 0 Å². The highest BCUT2D eigenvalue weighted by Gasteiger charge is 2.20. The number of ether oxygens (including phenoxy) is 1. The van der Waals surface area contributed by atoms with Gasteiger partial charge in [-0.1, -0.05) is 13.8 Å². The molecule has 5 nitrogen and oxygen atoms in total. The fraction of sp³-hybridized carbons (Fsp3) is 0.650. The first-order chi connectivity index (χ1) is 13.0. The highest BCUT2D eigenvalue weighted by Crippen LogP contribution is 2.15. The summed E-state index contributed by atoms with van der Waals surface area (Å²) in [6.45, 7) is 11.4. The van der Waals surface area contributed by atoms with E-state index in [1.807, 2.05) is 6.92 Å². The van der Waals surface area contributed by atoms with Crippen LogP contribution in [0.5, 0.6) is 5.75 Å². The van der Waals surface area contributed by atoms with Crippen LogP contribution in [0.4, 0.5) is 8.78 Å². The van der Waals surface area contributed by atoms with E-state index >= 15 is 0 Å². The minimum absolute atomic E-state index is 0.300. The molecule has 0 saturated carbocycles. The number of halogens is 2. The van der Waals surface area contributed by atoms with Crippen LogP contribution >= 0.6 is 0 Å². The first-order valence-electron chi connectivity index (χ1n) is 9.83. The van der Waals surface area contributed by atoms with E-state index in [2.05, 4.69) is 34.4 Å². The number of piperidine rings is 1. The SMILES string of the molecule is CCNC(=NCCOc1ccc(F)c(F)c1)NC1CCN(CC(C)C)CC1. The van der Waals surface area contributed by atoms with Crippen molar-refractivity contribution in [1.29, 1.82) is 0 Å². The summed E-state index contributed by atoms with van der Waals surface area (Å²) < 4.78 is 31.5. The van der Waals surface area contributed by atoms with Crippen molar-refractivity contribution in [1.82, 2.24) is 15.5 Å². The molecule has 27 heavy (non-hydrogen) atoms. The van der Waals surface area contributed by atoms with Crippen molar-refractivity contribution in [3.05, 3.63) is 29.8 Å². The number of likely N-dealkylation sites (tertiary alicyclic amines) is 1. The molecule has 1 aliphatic rings. The number of hydrogen-bond acceptors (Lipinski definition) is 3. The van der Waals surface area contributed by atoms with Gasteiger partial charge in [0.05, 0.1) is 6.54 Å². The quantitative estimate of drug-likeness (QED) is 0.412. The van der Waals surface area contributed by atoms with Crippen molar-refractivity contribution in [3.8, 4) is 5.75 Å². The van der Waals surface area contributed by atoms with E-state index < -0.39 is 11.6 Å². The Kier molecular flexibility index (Phi) is 8.78. The molecule has 0 bridgehead atoms. The van der Waals surface area contributed by atoms with Crippen molar-refractivity contribution in [3.63, 3.8) is 0 Å². The second kappa shape index (κ2) is 11.1. The Labute approximate surface area is 161 Å². The van der Waals surface area contributed by atoms with E-state index in [-0.39, 0.29) is 0 Å². The van der Waals surface area contributed by atoms with Crippen LogP contribution in [0.25, 0.3) is 0 Å². The lowest BCUT2D eigenvalue weighted by Gasteiger charge is -2.34. The molecule has 2 N–H and O–H groups in total. The fourth-order valence-electron chi connectivity index (χ4n) is 3.18. The van der Waals surface area contributed by atoms with Crippen LogP contribution < -0.4 is 15.4 Å². The molecular weight excluding hydrogens is 350 g/mol. The van der Waals surface area contributed by atoms with Gasteiger partial charge in [0.25, 0.3) is 0 Å². The molecule has 1 aromatic rings. The van der Waals surface area contributed by atoms with E-state index in [0.717, 1.165) is 57.1 Å². The summed E-state index contributed by atoms with van der Waals surface area (Å²) in [7, 11) is 0. The van der Waals surface area contributed by atoms with Gasteiger partial charge in [-0.15, -0.1) is 0 Å². The Balaban J connectivity index is 1.76. The molecule has 2 rings (SSSR count). The lowest BCUT2D eigenvalue weighted by Crippen LogP contribution is -2.49.